The number of phenols is 1. The lowest BCUT2D eigenvalue weighted by atomic mass is 10.1. The number of pyridine rings is 1. The van der Waals surface area contributed by atoms with Crippen molar-refractivity contribution in [2.45, 2.75) is 20.3 Å². The quantitative estimate of drug-likeness (QED) is 0.397. The van der Waals surface area contributed by atoms with Gasteiger partial charge in [0.2, 0.25) is 5.91 Å². The van der Waals surface area contributed by atoms with E-state index in [0.717, 1.165) is 5.56 Å². The number of methoxy groups -OCH3 is 1. The zero-order valence-electron chi connectivity index (χ0n) is 18.0. The third-order valence-electron chi connectivity index (χ3n) is 4.47. The van der Waals surface area contributed by atoms with E-state index in [-0.39, 0.29) is 42.4 Å². The first-order valence-corrected chi connectivity index (χ1v) is 9.79. The summed E-state index contributed by atoms with van der Waals surface area (Å²) in [7, 11) is 1.45. The van der Waals surface area contributed by atoms with Crippen LogP contribution in [-0.2, 0) is 16.0 Å². The Morgan fingerprint density at radius 1 is 1.09 bits per heavy atom. The summed E-state index contributed by atoms with van der Waals surface area (Å²) in [5, 5.41) is 12.5. The summed E-state index contributed by atoms with van der Waals surface area (Å²) >= 11 is 0. The molecule has 0 aliphatic rings. The highest BCUT2D eigenvalue weighted by Crippen LogP contribution is 2.27. The molecule has 0 saturated carbocycles. The van der Waals surface area contributed by atoms with Gasteiger partial charge in [-0.15, -0.1) is 12.4 Å². The molecule has 0 bridgehead atoms. The van der Waals surface area contributed by atoms with Crippen LogP contribution in [0, 0.1) is 5.92 Å². The fourth-order valence-electron chi connectivity index (χ4n) is 2.84. The van der Waals surface area contributed by atoms with Crippen molar-refractivity contribution in [1.82, 2.24) is 4.98 Å². The van der Waals surface area contributed by atoms with Crippen LogP contribution in [0.15, 0.2) is 60.8 Å². The number of aromatic hydroxyl groups is 1. The number of rotatable bonds is 7. The summed E-state index contributed by atoms with van der Waals surface area (Å²) in [5.74, 6) is 0.0189. The molecule has 2 N–H and O–H groups in total. The van der Waals surface area contributed by atoms with Crippen LogP contribution in [0.25, 0.3) is 11.3 Å². The molecule has 0 aliphatic carbocycles. The van der Waals surface area contributed by atoms with Gasteiger partial charge in [0.05, 0.1) is 25.1 Å². The average molecular weight is 457 g/mol. The highest BCUT2D eigenvalue weighted by atomic mass is 35.5. The Balaban J connectivity index is 0.00000363. The molecular weight excluding hydrogens is 432 g/mol. The summed E-state index contributed by atoms with van der Waals surface area (Å²) in [6.45, 7) is 3.54. The Morgan fingerprint density at radius 2 is 1.88 bits per heavy atom. The normalized spacial score (nSPS) is 10.2. The molecule has 2 aromatic carbocycles. The average Bonchev–Trinajstić information content (AvgIpc) is 2.75. The van der Waals surface area contributed by atoms with Crippen molar-refractivity contribution in [2.24, 2.45) is 5.92 Å². The van der Waals surface area contributed by atoms with Crippen LogP contribution in [0.5, 0.6) is 17.2 Å². The third-order valence-corrected chi connectivity index (χ3v) is 4.47. The van der Waals surface area contributed by atoms with E-state index in [1.807, 2.05) is 6.07 Å². The van der Waals surface area contributed by atoms with E-state index in [9.17, 15) is 14.7 Å². The number of nitrogens with zero attached hydrogens (tertiary/aromatic N) is 1. The molecule has 7 nitrogen and oxygen atoms in total. The number of phenolic OH excluding ortho intramolecular Hbond substituents is 1. The summed E-state index contributed by atoms with van der Waals surface area (Å²) in [4.78, 5) is 28.7. The second kappa shape index (κ2) is 11.2. The van der Waals surface area contributed by atoms with Crippen LogP contribution >= 0.6 is 12.4 Å². The van der Waals surface area contributed by atoms with E-state index in [1.165, 1.54) is 13.2 Å². The lowest BCUT2D eigenvalue weighted by Gasteiger charge is -2.10. The second-order valence-electron chi connectivity index (χ2n) is 7.26. The number of nitrogens with one attached hydrogen (secondary N) is 1. The minimum absolute atomic E-state index is 0. The topological polar surface area (TPSA) is 97.8 Å². The third kappa shape index (κ3) is 6.46. The number of aromatic nitrogens is 1. The first-order chi connectivity index (χ1) is 14.9. The van der Waals surface area contributed by atoms with Gasteiger partial charge in [0.15, 0.2) is 11.5 Å². The fourth-order valence-corrected chi connectivity index (χ4v) is 2.84. The van der Waals surface area contributed by atoms with Gasteiger partial charge in [0.1, 0.15) is 5.75 Å². The fraction of sp³-hybridized carbons (Fsp3) is 0.208. The van der Waals surface area contributed by atoms with Gasteiger partial charge in [-0.25, -0.2) is 0 Å². The van der Waals surface area contributed by atoms with E-state index in [2.05, 4.69) is 10.3 Å². The summed E-state index contributed by atoms with van der Waals surface area (Å²) in [5.41, 5.74) is 2.69. The molecule has 3 aromatic rings. The van der Waals surface area contributed by atoms with Crippen molar-refractivity contribution in [1.29, 1.82) is 0 Å². The highest BCUT2D eigenvalue weighted by Gasteiger charge is 2.12. The summed E-state index contributed by atoms with van der Waals surface area (Å²) in [6, 6.07) is 15.3. The van der Waals surface area contributed by atoms with E-state index >= 15 is 0 Å². The number of hydrogen-bond acceptors (Lipinski definition) is 6. The van der Waals surface area contributed by atoms with Crippen molar-refractivity contribution >= 4 is 30.0 Å². The maximum Gasteiger partial charge on any atom is 0.313 e. The van der Waals surface area contributed by atoms with E-state index in [4.69, 9.17) is 9.47 Å². The van der Waals surface area contributed by atoms with Crippen LogP contribution in [0.4, 0.5) is 5.69 Å². The van der Waals surface area contributed by atoms with Crippen LogP contribution in [0.1, 0.15) is 19.4 Å². The Labute approximate surface area is 192 Å². The Morgan fingerprint density at radius 3 is 2.59 bits per heavy atom. The molecule has 32 heavy (non-hydrogen) atoms. The minimum atomic E-state index is -0.308. The lowest BCUT2D eigenvalue weighted by molar-refractivity contribution is -0.137. The molecular formula is C24H25ClN2O5. The number of benzene rings is 2. The first-order valence-electron chi connectivity index (χ1n) is 9.79. The molecule has 0 unspecified atom stereocenters. The molecule has 1 amide bonds. The van der Waals surface area contributed by atoms with Crippen LogP contribution in [0.2, 0.25) is 0 Å². The first kappa shape index (κ1) is 24.7. The zero-order chi connectivity index (χ0) is 22.4. The van der Waals surface area contributed by atoms with Gasteiger partial charge in [0.25, 0.3) is 0 Å². The molecule has 3 rings (SSSR count). The minimum Gasteiger partial charge on any atom is -0.504 e. The molecule has 1 aromatic heterocycles. The molecule has 0 atom stereocenters. The standard InChI is InChI=1S/C24H24N2O5.ClH/c1-15(2)24(29)31-19-6-4-5-17(13-19)20-14-18(9-10-25-20)26-23(28)12-16-7-8-21(27)22(11-16)30-3;/h4-11,13-15,27H,12H2,1-3H3,(H,25,26,28);1H. The summed E-state index contributed by atoms with van der Waals surface area (Å²) in [6.07, 6.45) is 1.72. The number of carbonyl (C=O) groups excluding carboxylic acids is 2. The number of esters is 1. The number of ether oxygens (including phenoxy) is 2. The van der Waals surface area contributed by atoms with Crippen molar-refractivity contribution in [2.75, 3.05) is 12.4 Å². The van der Waals surface area contributed by atoms with Gasteiger partial charge >= 0.3 is 5.97 Å². The number of amides is 1. The molecule has 0 fully saturated rings. The number of anilines is 1. The van der Waals surface area contributed by atoms with Gasteiger partial charge in [-0.1, -0.05) is 32.0 Å². The van der Waals surface area contributed by atoms with Crippen LogP contribution in [-0.4, -0.2) is 29.1 Å². The zero-order valence-corrected chi connectivity index (χ0v) is 18.8. The van der Waals surface area contributed by atoms with Gasteiger partial charge in [-0.3, -0.25) is 14.6 Å². The van der Waals surface area contributed by atoms with Gasteiger partial charge < -0.3 is 19.9 Å². The molecule has 0 spiro atoms. The number of carbonyl (C=O) groups is 2. The Hall–Kier alpha value is -3.58. The second-order valence-corrected chi connectivity index (χ2v) is 7.26. The van der Waals surface area contributed by atoms with Crippen LogP contribution in [0.3, 0.4) is 0 Å². The van der Waals surface area contributed by atoms with Crippen molar-refractivity contribution in [3.8, 4) is 28.5 Å². The molecule has 8 heteroatoms. The molecule has 0 aliphatic heterocycles. The predicted molar refractivity (Wildman–Crippen MR) is 124 cm³/mol. The van der Waals surface area contributed by atoms with E-state index < -0.39 is 0 Å². The predicted octanol–water partition coefficient (Wildman–Crippen LogP) is 4.63. The molecule has 0 saturated heterocycles. The van der Waals surface area contributed by atoms with Crippen LogP contribution < -0.4 is 14.8 Å². The number of halogens is 1. The maximum atomic E-state index is 12.5. The van der Waals surface area contributed by atoms with Gasteiger partial charge in [0, 0.05) is 17.4 Å². The van der Waals surface area contributed by atoms with E-state index in [0.29, 0.717) is 28.4 Å². The smallest absolute Gasteiger partial charge is 0.313 e. The maximum absolute atomic E-state index is 12.5. The molecule has 0 radical (unpaired) electrons. The SMILES string of the molecule is COc1cc(CC(=O)Nc2ccnc(-c3cccc(OC(=O)C(C)C)c3)c2)ccc1O.Cl. The highest BCUT2D eigenvalue weighted by molar-refractivity contribution is 5.92. The summed E-state index contributed by atoms with van der Waals surface area (Å²) < 4.78 is 10.4. The van der Waals surface area contributed by atoms with Crippen molar-refractivity contribution in [3.63, 3.8) is 0 Å². The van der Waals surface area contributed by atoms with Gasteiger partial charge in [-0.05, 0) is 42.0 Å². The number of hydrogen-bond donors (Lipinski definition) is 2. The largest absolute Gasteiger partial charge is 0.504 e. The molecule has 1 heterocycles. The van der Waals surface area contributed by atoms with Crippen molar-refractivity contribution in [3.05, 3.63) is 66.4 Å². The van der Waals surface area contributed by atoms with Gasteiger partial charge in [-0.2, -0.15) is 0 Å². The van der Waals surface area contributed by atoms with Crippen molar-refractivity contribution < 1.29 is 24.2 Å². The van der Waals surface area contributed by atoms with E-state index in [1.54, 1.807) is 62.5 Å². The monoisotopic (exact) mass is 456 g/mol. The Kier molecular flexibility index (Phi) is 8.61. The Bertz CT molecular complexity index is 1100. The molecule has 168 valence electrons. The lowest BCUT2D eigenvalue weighted by Crippen LogP contribution is -2.15.